The van der Waals surface area contributed by atoms with Gasteiger partial charge in [0.1, 0.15) is 12.4 Å². The summed E-state index contributed by atoms with van der Waals surface area (Å²) < 4.78 is 1.81. The second kappa shape index (κ2) is 7.21. The van der Waals surface area contributed by atoms with Gasteiger partial charge in [-0.05, 0) is 25.2 Å². The zero-order valence-electron chi connectivity index (χ0n) is 13.4. The Labute approximate surface area is 135 Å². The normalized spacial score (nSPS) is 18.0. The zero-order chi connectivity index (χ0) is 16.1. The van der Waals surface area contributed by atoms with Crippen LogP contribution in [0.4, 0.5) is 5.82 Å². The molecule has 1 fully saturated rings. The van der Waals surface area contributed by atoms with Crippen LogP contribution in [0.2, 0.25) is 0 Å². The molecule has 0 saturated carbocycles. The Morgan fingerprint density at radius 3 is 3.00 bits per heavy atom. The maximum atomic E-state index is 12.4. The fourth-order valence-corrected chi connectivity index (χ4v) is 3.09. The lowest BCUT2D eigenvalue weighted by Gasteiger charge is -2.33. The molecule has 2 aromatic heterocycles. The predicted octanol–water partition coefficient (Wildman–Crippen LogP) is 1.20. The monoisotopic (exact) mass is 314 g/mol. The fourth-order valence-electron chi connectivity index (χ4n) is 3.09. The Morgan fingerprint density at radius 2 is 2.22 bits per heavy atom. The van der Waals surface area contributed by atoms with Gasteiger partial charge >= 0.3 is 0 Å². The summed E-state index contributed by atoms with van der Waals surface area (Å²) in [6.45, 7) is 1.98. The predicted molar refractivity (Wildman–Crippen MR) is 86.8 cm³/mol. The lowest BCUT2D eigenvalue weighted by Crippen LogP contribution is -2.42. The number of likely N-dealkylation sites (tertiary alicyclic amines) is 1. The van der Waals surface area contributed by atoms with Crippen LogP contribution < -0.4 is 5.32 Å². The Balaban J connectivity index is 1.60. The van der Waals surface area contributed by atoms with E-state index in [4.69, 9.17) is 0 Å². The van der Waals surface area contributed by atoms with Crippen molar-refractivity contribution in [3.63, 3.8) is 0 Å². The van der Waals surface area contributed by atoms with Crippen LogP contribution in [0.1, 0.15) is 18.5 Å². The van der Waals surface area contributed by atoms with Gasteiger partial charge in [0.2, 0.25) is 5.91 Å². The molecule has 2 aromatic rings. The quantitative estimate of drug-likeness (QED) is 0.897. The molecular formula is C16H22N6O. The molecule has 0 spiro atoms. The summed E-state index contributed by atoms with van der Waals surface area (Å²) in [5.41, 5.74) is 0.976. The van der Waals surface area contributed by atoms with Gasteiger partial charge in [0.15, 0.2) is 0 Å². The number of carbonyl (C=O) groups excluding carboxylic acids is 1. The third kappa shape index (κ3) is 3.85. The van der Waals surface area contributed by atoms with E-state index < -0.39 is 0 Å². The van der Waals surface area contributed by atoms with Gasteiger partial charge in [-0.15, -0.1) is 0 Å². The number of nitrogens with one attached hydrogen (secondary N) is 1. The van der Waals surface area contributed by atoms with Crippen LogP contribution >= 0.6 is 0 Å². The SMILES string of the molecule is CNc1nccnc1C[C@H]1CCCN(C(=O)Cn2ccnc2)C1. The molecule has 7 heteroatoms. The second-order valence-corrected chi connectivity index (χ2v) is 5.89. The van der Waals surface area contributed by atoms with Crippen molar-refractivity contribution >= 4 is 11.7 Å². The molecule has 0 bridgehead atoms. The van der Waals surface area contributed by atoms with E-state index in [1.54, 1.807) is 24.9 Å². The van der Waals surface area contributed by atoms with Crippen molar-refractivity contribution in [2.24, 2.45) is 5.92 Å². The highest BCUT2D eigenvalue weighted by atomic mass is 16.2. The molecule has 3 rings (SSSR count). The summed E-state index contributed by atoms with van der Waals surface area (Å²) in [5.74, 6) is 1.41. The van der Waals surface area contributed by atoms with Gasteiger partial charge in [-0.3, -0.25) is 9.78 Å². The largest absolute Gasteiger partial charge is 0.372 e. The van der Waals surface area contributed by atoms with E-state index in [0.29, 0.717) is 12.5 Å². The van der Waals surface area contributed by atoms with Gasteiger partial charge in [0, 0.05) is 44.9 Å². The molecule has 23 heavy (non-hydrogen) atoms. The Hall–Kier alpha value is -2.44. The molecule has 1 saturated heterocycles. The molecule has 1 aliphatic rings. The van der Waals surface area contributed by atoms with Gasteiger partial charge in [-0.1, -0.05) is 0 Å². The average molecular weight is 314 g/mol. The van der Waals surface area contributed by atoms with Crippen molar-refractivity contribution in [1.82, 2.24) is 24.4 Å². The Kier molecular flexibility index (Phi) is 4.85. The van der Waals surface area contributed by atoms with E-state index in [0.717, 1.165) is 43.9 Å². The molecule has 1 N–H and O–H groups in total. The summed E-state index contributed by atoms with van der Waals surface area (Å²) in [6.07, 6.45) is 11.6. The van der Waals surface area contributed by atoms with Crippen molar-refractivity contribution in [3.8, 4) is 0 Å². The number of aromatic nitrogens is 4. The summed E-state index contributed by atoms with van der Waals surface area (Å²) in [6, 6.07) is 0. The first kappa shape index (κ1) is 15.5. The summed E-state index contributed by atoms with van der Waals surface area (Å²) in [5, 5.41) is 3.08. The number of imidazole rings is 1. The van der Waals surface area contributed by atoms with Crippen LogP contribution in [-0.4, -0.2) is 50.5 Å². The van der Waals surface area contributed by atoms with Gasteiger partial charge in [0.05, 0.1) is 12.0 Å². The molecular weight excluding hydrogens is 292 g/mol. The van der Waals surface area contributed by atoms with Gasteiger partial charge in [0.25, 0.3) is 0 Å². The molecule has 7 nitrogen and oxygen atoms in total. The number of carbonyl (C=O) groups is 1. The zero-order valence-corrected chi connectivity index (χ0v) is 13.4. The van der Waals surface area contributed by atoms with Crippen LogP contribution in [0.3, 0.4) is 0 Å². The molecule has 3 heterocycles. The topological polar surface area (TPSA) is 75.9 Å². The van der Waals surface area contributed by atoms with E-state index in [9.17, 15) is 4.79 Å². The van der Waals surface area contributed by atoms with Crippen LogP contribution in [0.15, 0.2) is 31.1 Å². The molecule has 1 amide bonds. The number of nitrogens with zero attached hydrogens (tertiary/aromatic N) is 5. The lowest BCUT2D eigenvalue weighted by atomic mass is 9.93. The summed E-state index contributed by atoms with van der Waals surface area (Å²) in [7, 11) is 1.86. The van der Waals surface area contributed by atoms with E-state index >= 15 is 0 Å². The highest BCUT2D eigenvalue weighted by molar-refractivity contribution is 5.76. The van der Waals surface area contributed by atoms with Gasteiger partial charge in [-0.2, -0.15) is 0 Å². The number of rotatable bonds is 5. The molecule has 1 aliphatic heterocycles. The molecule has 0 unspecified atom stereocenters. The molecule has 122 valence electrons. The molecule has 0 aliphatic carbocycles. The first-order chi connectivity index (χ1) is 11.3. The fraction of sp³-hybridized carbons (Fsp3) is 0.500. The average Bonchev–Trinajstić information content (AvgIpc) is 3.08. The number of anilines is 1. The summed E-state index contributed by atoms with van der Waals surface area (Å²) >= 11 is 0. The maximum Gasteiger partial charge on any atom is 0.242 e. The number of hydrogen-bond acceptors (Lipinski definition) is 5. The minimum absolute atomic E-state index is 0.153. The van der Waals surface area contributed by atoms with Crippen LogP contribution in [0, 0.1) is 5.92 Å². The van der Waals surface area contributed by atoms with Gasteiger partial charge < -0.3 is 14.8 Å². The summed E-state index contributed by atoms with van der Waals surface area (Å²) in [4.78, 5) is 27.1. The van der Waals surface area contributed by atoms with Crippen molar-refractivity contribution in [2.45, 2.75) is 25.8 Å². The first-order valence-electron chi connectivity index (χ1n) is 7.97. The van der Waals surface area contributed by atoms with E-state index in [-0.39, 0.29) is 5.91 Å². The van der Waals surface area contributed by atoms with Crippen molar-refractivity contribution in [3.05, 3.63) is 36.8 Å². The number of hydrogen-bond donors (Lipinski definition) is 1. The Bertz CT molecular complexity index is 642. The minimum atomic E-state index is 0.153. The molecule has 1 atom stereocenters. The van der Waals surface area contributed by atoms with Crippen LogP contribution in [0.25, 0.3) is 0 Å². The molecule has 0 aromatic carbocycles. The lowest BCUT2D eigenvalue weighted by molar-refractivity contribution is -0.133. The standard InChI is InChI=1S/C16H22N6O/c1-17-16-14(19-4-5-20-16)9-13-3-2-7-22(10-13)15(23)11-21-8-6-18-12-21/h4-6,8,12-13H,2-3,7,9-11H2,1H3,(H,17,20)/t13-/m1/s1. The smallest absolute Gasteiger partial charge is 0.242 e. The highest BCUT2D eigenvalue weighted by Gasteiger charge is 2.25. The maximum absolute atomic E-state index is 12.4. The van der Waals surface area contributed by atoms with Crippen LogP contribution in [-0.2, 0) is 17.8 Å². The van der Waals surface area contributed by atoms with Crippen molar-refractivity contribution in [1.29, 1.82) is 0 Å². The second-order valence-electron chi connectivity index (χ2n) is 5.89. The number of piperidine rings is 1. The number of amides is 1. The molecule has 0 radical (unpaired) electrons. The van der Waals surface area contributed by atoms with E-state index in [2.05, 4.69) is 20.3 Å². The third-order valence-corrected chi connectivity index (χ3v) is 4.24. The van der Waals surface area contributed by atoms with Crippen LogP contribution in [0.5, 0.6) is 0 Å². The first-order valence-corrected chi connectivity index (χ1v) is 7.97. The Morgan fingerprint density at radius 1 is 1.35 bits per heavy atom. The van der Waals surface area contributed by atoms with E-state index in [1.165, 1.54) is 0 Å². The van der Waals surface area contributed by atoms with E-state index in [1.807, 2.05) is 22.7 Å². The van der Waals surface area contributed by atoms with Gasteiger partial charge in [-0.25, -0.2) is 9.97 Å². The minimum Gasteiger partial charge on any atom is -0.372 e. The van der Waals surface area contributed by atoms with Crippen molar-refractivity contribution < 1.29 is 4.79 Å². The van der Waals surface area contributed by atoms with Crippen molar-refractivity contribution in [2.75, 3.05) is 25.5 Å². The third-order valence-electron chi connectivity index (χ3n) is 4.24. The highest BCUT2D eigenvalue weighted by Crippen LogP contribution is 2.22.